The van der Waals surface area contributed by atoms with E-state index in [1.165, 1.54) is 0 Å². The molecule has 4 nitrogen and oxygen atoms in total. The number of rotatable bonds is 2. The third-order valence-corrected chi connectivity index (χ3v) is 1.03. The molecule has 1 rings (SSSR count). The van der Waals surface area contributed by atoms with Gasteiger partial charge in [-0.15, -0.1) is 0 Å². The Morgan fingerprint density at radius 2 is 2.50 bits per heavy atom. The first-order valence-corrected chi connectivity index (χ1v) is 3.14. The lowest BCUT2D eigenvalue weighted by atomic mass is 10.6. The Balaban J connectivity index is 2.35. The van der Waals surface area contributed by atoms with Crippen molar-refractivity contribution in [1.82, 2.24) is 10.4 Å². The van der Waals surface area contributed by atoms with Gasteiger partial charge in [-0.1, -0.05) is 0 Å². The Hall–Kier alpha value is -1.23. The van der Waals surface area contributed by atoms with Crippen molar-refractivity contribution in [2.24, 2.45) is 5.73 Å². The van der Waals surface area contributed by atoms with Crippen molar-refractivity contribution in [3.63, 3.8) is 0 Å². The summed E-state index contributed by atoms with van der Waals surface area (Å²) < 4.78 is 0. The number of hydrogen-bond donors (Lipinski definition) is 4. The molecule has 54 valence electrons. The number of hydrogen-bond acceptors (Lipinski definition) is 2. The van der Waals surface area contributed by atoms with Crippen LogP contribution < -0.4 is 16.6 Å². The monoisotopic (exact) mass is 156 g/mol. The number of nitrogens with two attached hydrogens (primary N) is 1. The van der Waals surface area contributed by atoms with Gasteiger partial charge in [0.1, 0.15) is 0 Å². The van der Waals surface area contributed by atoms with E-state index in [4.69, 9.17) is 5.73 Å². The molecular formula is C5H8N4S. The second-order valence-electron chi connectivity index (χ2n) is 1.71. The van der Waals surface area contributed by atoms with Gasteiger partial charge in [0.05, 0.1) is 5.69 Å². The van der Waals surface area contributed by atoms with Gasteiger partial charge in [0.2, 0.25) is 0 Å². The zero-order chi connectivity index (χ0) is 7.40. The van der Waals surface area contributed by atoms with Gasteiger partial charge < -0.3 is 10.7 Å². The fraction of sp³-hybridized carbons (Fsp3) is 0. The normalized spacial score (nSPS) is 8.80. The van der Waals surface area contributed by atoms with Crippen molar-refractivity contribution in [2.75, 3.05) is 5.43 Å². The molecule has 0 bridgehead atoms. The van der Waals surface area contributed by atoms with E-state index in [2.05, 4.69) is 28.1 Å². The quantitative estimate of drug-likeness (QED) is 0.364. The number of hydrazine groups is 1. The minimum Gasteiger partial charge on any atom is -0.375 e. The first-order valence-electron chi connectivity index (χ1n) is 2.73. The van der Waals surface area contributed by atoms with Crippen LogP contribution in [-0.4, -0.2) is 10.1 Å². The van der Waals surface area contributed by atoms with E-state index in [0.29, 0.717) is 0 Å². The molecule has 1 aromatic heterocycles. The van der Waals surface area contributed by atoms with Crippen LogP contribution in [0.1, 0.15) is 0 Å². The number of aromatic amines is 1. The minimum atomic E-state index is 0.223. The van der Waals surface area contributed by atoms with Crippen molar-refractivity contribution >= 4 is 23.0 Å². The van der Waals surface area contributed by atoms with E-state index < -0.39 is 0 Å². The second-order valence-corrected chi connectivity index (χ2v) is 2.15. The zero-order valence-corrected chi connectivity index (χ0v) is 6.03. The average Bonchev–Trinajstić information content (AvgIpc) is 2.34. The van der Waals surface area contributed by atoms with Crippen molar-refractivity contribution in [2.45, 2.75) is 0 Å². The Bertz CT molecular complexity index is 205. The number of thiocarbonyl (C=S) groups is 1. The maximum absolute atomic E-state index is 5.16. The molecule has 1 heterocycles. The van der Waals surface area contributed by atoms with Gasteiger partial charge >= 0.3 is 0 Å². The lowest BCUT2D eigenvalue weighted by molar-refractivity contribution is 1.13. The molecule has 0 saturated heterocycles. The van der Waals surface area contributed by atoms with Gasteiger partial charge in [-0.3, -0.25) is 10.9 Å². The average molecular weight is 156 g/mol. The van der Waals surface area contributed by atoms with Gasteiger partial charge in [-0.25, -0.2) is 0 Å². The van der Waals surface area contributed by atoms with Crippen LogP contribution in [0.15, 0.2) is 18.5 Å². The van der Waals surface area contributed by atoms with Crippen LogP contribution in [0.25, 0.3) is 0 Å². The third kappa shape index (κ3) is 1.94. The topological polar surface area (TPSA) is 65.9 Å². The SMILES string of the molecule is NC(=S)NNc1cc[nH]c1. The molecule has 0 unspecified atom stereocenters. The fourth-order valence-electron chi connectivity index (χ4n) is 0.535. The molecule has 0 aromatic carbocycles. The van der Waals surface area contributed by atoms with Crippen LogP contribution in [0.4, 0.5) is 5.69 Å². The maximum Gasteiger partial charge on any atom is 0.182 e. The summed E-state index contributed by atoms with van der Waals surface area (Å²) in [6, 6.07) is 1.85. The molecule has 5 heteroatoms. The first kappa shape index (κ1) is 6.88. The highest BCUT2D eigenvalue weighted by Crippen LogP contribution is 1.99. The van der Waals surface area contributed by atoms with E-state index in [9.17, 15) is 0 Å². The van der Waals surface area contributed by atoms with Crippen LogP contribution in [-0.2, 0) is 0 Å². The number of anilines is 1. The molecule has 0 saturated carbocycles. The number of aromatic nitrogens is 1. The molecule has 10 heavy (non-hydrogen) atoms. The number of nitrogens with one attached hydrogen (secondary N) is 3. The van der Waals surface area contributed by atoms with Crippen LogP contribution >= 0.6 is 12.2 Å². The van der Waals surface area contributed by atoms with Gasteiger partial charge in [-0.05, 0) is 18.3 Å². The molecule has 0 atom stereocenters. The van der Waals surface area contributed by atoms with Crippen molar-refractivity contribution in [1.29, 1.82) is 0 Å². The lowest BCUT2D eigenvalue weighted by Crippen LogP contribution is -2.33. The van der Waals surface area contributed by atoms with E-state index in [-0.39, 0.29) is 5.11 Å². The third-order valence-electron chi connectivity index (χ3n) is 0.928. The summed E-state index contributed by atoms with van der Waals surface area (Å²) >= 11 is 4.56. The molecule has 0 aliphatic rings. The van der Waals surface area contributed by atoms with Gasteiger partial charge in [0.15, 0.2) is 5.11 Å². The molecule has 5 N–H and O–H groups in total. The van der Waals surface area contributed by atoms with E-state index in [1.807, 2.05) is 6.07 Å². The molecule has 0 aliphatic carbocycles. The van der Waals surface area contributed by atoms with Crippen LogP contribution in [0.3, 0.4) is 0 Å². The zero-order valence-electron chi connectivity index (χ0n) is 5.22. The largest absolute Gasteiger partial charge is 0.375 e. The predicted octanol–water partition coefficient (Wildman–Crippen LogP) is 0.175. The van der Waals surface area contributed by atoms with Crippen LogP contribution in [0.2, 0.25) is 0 Å². The summed E-state index contributed by atoms with van der Waals surface area (Å²) in [6.07, 6.45) is 3.58. The van der Waals surface area contributed by atoms with Gasteiger partial charge in [0, 0.05) is 12.4 Å². The highest BCUT2D eigenvalue weighted by molar-refractivity contribution is 7.80. The number of H-pyrrole nitrogens is 1. The van der Waals surface area contributed by atoms with Crippen LogP contribution in [0.5, 0.6) is 0 Å². The summed E-state index contributed by atoms with van der Waals surface area (Å²) in [6.45, 7) is 0. The molecule has 1 aromatic rings. The Kier molecular flexibility index (Phi) is 2.11. The second kappa shape index (κ2) is 3.07. The standard InChI is InChI=1S/C5H8N4S/c6-5(10)9-8-4-1-2-7-3-4/h1-3,7-8H,(H3,6,9,10). The molecule has 0 aliphatic heterocycles. The van der Waals surface area contributed by atoms with E-state index >= 15 is 0 Å². The van der Waals surface area contributed by atoms with Gasteiger partial charge in [0.25, 0.3) is 0 Å². The van der Waals surface area contributed by atoms with Crippen LogP contribution in [0, 0.1) is 0 Å². The van der Waals surface area contributed by atoms with E-state index in [1.54, 1.807) is 12.4 Å². The molecule has 0 amide bonds. The molecule has 0 fully saturated rings. The van der Waals surface area contributed by atoms with Crippen molar-refractivity contribution < 1.29 is 0 Å². The summed E-state index contributed by atoms with van der Waals surface area (Å²) in [5, 5.41) is 0.223. The van der Waals surface area contributed by atoms with Crippen molar-refractivity contribution in [3.8, 4) is 0 Å². The predicted molar refractivity (Wildman–Crippen MR) is 44.3 cm³/mol. The fourth-order valence-corrected chi connectivity index (χ4v) is 0.586. The first-order chi connectivity index (χ1) is 4.79. The Morgan fingerprint density at radius 1 is 1.70 bits per heavy atom. The Morgan fingerprint density at radius 3 is 3.00 bits per heavy atom. The molecular weight excluding hydrogens is 148 g/mol. The highest BCUT2D eigenvalue weighted by atomic mass is 32.1. The Labute approximate surface area is 63.8 Å². The summed E-state index contributed by atoms with van der Waals surface area (Å²) in [5.74, 6) is 0. The lowest BCUT2D eigenvalue weighted by Gasteiger charge is -2.03. The maximum atomic E-state index is 5.16. The summed E-state index contributed by atoms with van der Waals surface area (Å²) in [5.41, 5.74) is 11.4. The summed E-state index contributed by atoms with van der Waals surface area (Å²) in [7, 11) is 0. The van der Waals surface area contributed by atoms with Crippen molar-refractivity contribution in [3.05, 3.63) is 18.5 Å². The van der Waals surface area contributed by atoms with E-state index in [0.717, 1.165) is 5.69 Å². The minimum absolute atomic E-state index is 0.223. The highest BCUT2D eigenvalue weighted by Gasteiger charge is 1.87. The smallest absolute Gasteiger partial charge is 0.182 e. The molecule has 0 spiro atoms. The molecule has 0 radical (unpaired) electrons. The summed E-state index contributed by atoms with van der Waals surface area (Å²) in [4.78, 5) is 2.87. The van der Waals surface area contributed by atoms with Gasteiger partial charge in [-0.2, -0.15) is 0 Å².